The number of benzene rings is 1. The van der Waals surface area contributed by atoms with Crippen molar-refractivity contribution in [3.05, 3.63) is 29.3 Å². The van der Waals surface area contributed by atoms with Crippen LogP contribution in [0.1, 0.15) is 17.2 Å². The summed E-state index contributed by atoms with van der Waals surface area (Å²) in [6.45, 7) is -2.81. The van der Waals surface area contributed by atoms with E-state index >= 15 is 0 Å². The third-order valence-electron chi connectivity index (χ3n) is 2.42. The van der Waals surface area contributed by atoms with Crippen LogP contribution in [0.5, 0.6) is 5.75 Å². The molecule has 0 bridgehead atoms. The summed E-state index contributed by atoms with van der Waals surface area (Å²) in [6.07, 6.45) is 0.0531. The molecule has 0 heterocycles. The Bertz CT molecular complexity index is 370. The van der Waals surface area contributed by atoms with Crippen LogP contribution in [0, 0.1) is 0 Å². The summed E-state index contributed by atoms with van der Waals surface area (Å²) < 4.78 is 28.2. The number of ether oxygens (including phenoxy) is 1. The highest BCUT2D eigenvalue weighted by Crippen LogP contribution is 2.37. The predicted molar refractivity (Wildman–Crippen MR) is 54.5 cm³/mol. The second kappa shape index (κ2) is 4.06. The number of hydrogen-bond acceptors (Lipinski definition) is 2. The predicted octanol–water partition coefficient (Wildman–Crippen LogP) is 2.64. The molecule has 0 saturated heterocycles. The van der Waals surface area contributed by atoms with Crippen LogP contribution < -0.4 is 4.74 Å². The monoisotopic (exact) mass is 278 g/mol. The Morgan fingerprint density at radius 2 is 2.20 bits per heavy atom. The Kier molecular flexibility index (Phi) is 2.93. The van der Waals surface area contributed by atoms with E-state index in [4.69, 9.17) is 0 Å². The van der Waals surface area contributed by atoms with Crippen molar-refractivity contribution in [3.8, 4) is 5.75 Å². The van der Waals surface area contributed by atoms with Gasteiger partial charge >= 0.3 is 6.61 Å². The molecular weight excluding hydrogens is 270 g/mol. The van der Waals surface area contributed by atoms with Crippen molar-refractivity contribution in [3.63, 3.8) is 0 Å². The molecular formula is C10H9BrF2O2. The van der Waals surface area contributed by atoms with E-state index < -0.39 is 12.7 Å². The number of fused-ring (bicyclic) bond motifs is 1. The molecule has 15 heavy (non-hydrogen) atoms. The molecule has 1 aliphatic carbocycles. The highest BCUT2D eigenvalue weighted by atomic mass is 79.9. The van der Waals surface area contributed by atoms with Crippen molar-refractivity contribution in [2.24, 2.45) is 0 Å². The summed E-state index contributed by atoms with van der Waals surface area (Å²) in [7, 11) is 0. The number of aliphatic hydroxyl groups is 1. The molecule has 0 fully saturated rings. The molecule has 0 unspecified atom stereocenters. The summed E-state index contributed by atoms with van der Waals surface area (Å²) in [4.78, 5) is -0.0469. The lowest BCUT2D eigenvalue weighted by Gasteiger charge is -2.08. The lowest BCUT2D eigenvalue weighted by atomic mass is 10.1. The zero-order valence-corrected chi connectivity index (χ0v) is 9.25. The normalized spacial score (nSPS) is 24.3. The molecule has 2 atom stereocenters. The number of aliphatic hydroxyl groups excluding tert-OH is 1. The van der Waals surface area contributed by atoms with Crippen LogP contribution in [0.25, 0.3) is 0 Å². The van der Waals surface area contributed by atoms with Gasteiger partial charge < -0.3 is 9.84 Å². The van der Waals surface area contributed by atoms with E-state index in [1.165, 1.54) is 6.07 Å². The van der Waals surface area contributed by atoms with Gasteiger partial charge in [-0.05, 0) is 29.7 Å². The van der Waals surface area contributed by atoms with Gasteiger partial charge in [0.1, 0.15) is 5.75 Å². The van der Waals surface area contributed by atoms with Gasteiger partial charge in [0.25, 0.3) is 0 Å². The number of halogens is 3. The van der Waals surface area contributed by atoms with Gasteiger partial charge in [-0.1, -0.05) is 22.0 Å². The molecule has 0 amide bonds. The Morgan fingerprint density at radius 1 is 1.47 bits per heavy atom. The first-order chi connectivity index (χ1) is 7.08. The van der Waals surface area contributed by atoms with Gasteiger partial charge in [0.15, 0.2) is 0 Å². The van der Waals surface area contributed by atoms with Crippen LogP contribution in [-0.4, -0.2) is 16.5 Å². The fourth-order valence-electron chi connectivity index (χ4n) is 1.74. The van der Waals surface area contributed by atoms with E-state index in [-0.39, 0.29) is 10.6 Å². The van der Waals surface area contributed by atoms with E-state index in [2.05, 4.69) is 20.7 Å². The first-order valence-corrected chi connectivity index (χ1v) is 5.39. The maximum atomic E-state index is 11.9. The van der Waals surface area contributed by atoms with Crippen molar-refractivity contribution < 1.29 is 18.6 Å². The molecule has 0 aliphatic heterocycles. The molecule has 2 rings (SSSR count). The van der Waals surface area contributed by atoms with Crippen LogP contribution in [-0.2, 0) is 6.42 Å². The minimum atomic E-state index is -2.81. The van der Waals surface area contributed by atoms with Crippen molar-refractivity contribution in [2.45, 2.75) is 24.0 Å². The maximum Gasteiger partial charge on any atom is 0.387 e. The molecule has 2 nitrogen and oxygen atoms in total. The highest BCUT2D eigenvalue weighted by molar-refractivity contribution is 9.09. The fraction of sp³-hybridized carbons (Fsp3) is 0.400. The first kappa shape index (κ1) is 10.8. The van der Waals surface area contributed by atoms with E-state index in [1.807, 2.05) is 0 Å². The summed E-state index contributed by atoms with van der Waals surface area (Å²) in [5.74, 6) is 0.137. The average molecular weight is 279 g/mol. The molecule has 0 spiro atoms. The average Bonchev–Trinajstić information content (AvgIpc) is 2.41. The van der Waals surface area contributed by atoms with Crippen LogP contribution in [0.2, 0.25) is 0 Å². The van der Waals surface area contributed by atoms with E-state index in [1.54, 1.807) is 12.1 Å². The topological polar surface area (TPSA) is 29.5 Å². The zero-order chi connectivity index (χ0) is 11.0. The minimum Gasteiger partial charge on any atom is -0.435 e. The molecule has 1 aromatic rings. The molecule has 1 N–H and O–H groups in total. The maximum absolute atomic E-state index is 11.9. The summed E-state index contributed by atoms with van der Waals surface area (Å²) in [5, 5.41) is 9.69. The lowest BCUT2D eigenvalue weighted by molar-refractivity contribution is -0.0498. The van der Waals surface area contributed by atoms with Crippen molar-refractivity contribution in [1.82, 2.24) is 0 Å². The number of hydrogen-bond donors (Lipinski definition) is 1. The van der Waals surface area contributed by atoms with E-state index in [0.29, 0.717) is 6.42 Å². The van der Waals surface area contributed by atoms with Crippen LogP contribution in [0.4, 0.5) is 8.78 Å². The smallest absolute Gasteiger partial charge is 0.387 e. The Labute approximate surface area is 94.0 Å². The van der Waals surface area contributed by atoms with Crippen LogP contribution in [0.3, 0.4) is 0 Å². The van der Waals surface area contributed by atoms with Crippen molar-refractivity contribution in [2.75, 3.05) is 0 Å². The SMILES string of the molecule is O[C@@H]1c2ccc(OC(F)F)cc2C[C@@H]1Br. The van der Waals surface area contributed by atoms with Gasteiger partial charge in [-0.25, -0.2) is 0 Å². The van der Waals surface area contributed by atoms with E-state index in [9.17, 15) is 13.9 Å². The molecule has 82 valence electrons. The second-order valence-corrected chi connectivity index (χ2v) is 4.58. The van der Waals surface area contributed by atoms with Crippen molar-refractivity contribution >= 4 is 15.9 Å². The summed E-state index contributed by atoms with van der Waals surface area (Å²) >= 11 is 3.32. The van der Waals surface area contributed by atoms with Gasteiger partial charge in [0.2, 0.25) is 0 Å². The standard InChI is InChI=1S/C10H9BrF2O2/c11-8-4-5-3-6(15-10(12)13)1-2-7(5)9(8)14/h1-3,8-10,14H,4H2/t8-,9+/m0/s1. The Balaban J connectivity index is 2.25. The quantitative estimate of drug-likeness (QED) is 0.843. The molecule has 0 radical (unpaired) electrons. The molecule has 1 aliphatic rings. The largest absolute Gasteiger partial charge is 0.435 e. The van der Waals surface area contributed by atoms with Gasteiger partial charge in [-0.2, -0.15) is 8.78 Å². The number of alkyl halides is 3. The fourth-order valence-corrected chi connectivity index (χ4v) is 2.37. The molecule has 5 heteroatoms. The van der Waals surface area contributed by atoms with Gasteiger partial charge in [0.05, 0.1) is 6.10 Å². The lowest BCUT2D eigenvalue weighted by Crippen LogP contribution is -2.04. The minimum absolute atomic E-state index is 0.0469. The van der Waals surface area contributed by atoms with Gasteiger partial charge in [-0.3, -0.25) is 0 Å². The third kappa shape index (κ3) is 2.13. The Morgan fingerprint density at radius 3 is 2.87 bits per heavy atom. The summed E-state index contributed by atoms with van der Waals surface area (Å²) in [5.41, 5.74) is 1.63. The third-order valence-corrected chi connectivity index (χ3v) is 3.24. The van der Waals surface area contributed by atoms with E-state index in [0.717, 1.165) is 11.1 Å². The van der Waals surface area contributed by atoms with Gasteiger partial charge in [-0.15, -0.1) is 0 Å². The first-order valence-electron chi connectivity index (χ1n) is 4.47. The summed E-state index contributed by atoms with van der Waals surface area (Å²) in [6, 6.07) is 4.62. The second-order valence-electron chi connectivity index (χ2n) is 3.40. The molecule has 0 saturated carbocycles. The highest BCUT2D eigenvalue weighted by Gasteiger charge is 2.29. The van der Waals surface area contributed by atoms with Crippen LogP contribution in [0.15, 0.2) is 18.2 Å². The van der Waals surface area contributed by atoms with Gasteiger partial charge in [0, 0.05) is 4.83 Å². The Hall–Kier alpha value is -0.680. The molecule has 1 aromatic carbocycles. The number of rotatable bonds is 2. The molecule has 0 aromatic heterocycles. The van der Waals surface area contributed by atoms with Crippen molar-refractivity contribution in [1.29, 1.82) is 0 Å². The zero-order valence-electron chi connectivity index (χ0n) is 7.66. The van der Waals surface area contributed by atoms with Crippen LogP contribution >= 0.6 is 15.9 Å².